The highest BCUT2D eigenvalue weighted by Gasteiger charge is 2.20. The molecule has 0 bridgehead atoms. The second-order valence-corrected chi connectivity index (χ2v) is 8.00. The highest BCUT2D eigenvalue weighted by Crippen LogP contribution is 2.20. The van der Waals surface area contributed by atoms with Crippen LogP contribution in [0.2, 0.25) is 0 Å². The Kier molecular flexibility index (Phi) is 8.41. The summed E-state index contributed by atoms with van der Waals surface area (Å²) in [6.45, 7) is 17.8. The third-order valence-corrected chi connectivity index (χ3v) is 3.08. The van der Waals surface area contributed by atoms with Crippen molar-refractivity contribution in [2.75, 3.05) is 19.6 Å². The van der Waals surface area contributed by atoms with Gasteiger partial charge in [0.05, 0.1) is 0 Å². The van der Waals surface area contributed by atoms with Crippen molar-refractivity contribution in [1.82, 2.24) is 10.2 Å². The van der Waals surface area contributed by atoms with E-state index in [1.807, 2.05) is 0 Å². The fraction of sp³-hybridized carbons (Fsp3) is 0.941. The summed E-state index contributed by atoms with van der Waals surface area (Å²) in [5, 5.41) is 3.48. The van der Waals surface area contributed by atoms with E-state index in [4.69, 9.17) is 0 Å². The fourth-order valence-corrected chi connectivity index (χ4v) is 2.01. The van der Waals surface area contributed by atoms with Crippen LogP contribution < -0.4 is 5.32 Å². The molecular weight excluding hydrogens is 248 g/mol. The molecule has 120 valence electrons. The number of nitrogens with one attached hydrogen (secondary N) is 1. The van der Waals surface area contributed by atoms with E-state index in [0.29, 0.717) is 12.3 Å². The van der Waals surface area contributed by atoms with Crippen LogP contribution in [0.25, 0.3) is 0 Å². The predicted molar refractivity (Wildman–Crippen MR) is 87.9 cm³/mol. The van der Waals surface area contributed by atoms with Gasteiger partial charge in [-0.05, 0) is 45.6 Å². The Balaban J connectivity index is 4.24. The summed E-state index contributed by atoms with van der Waals surface area (Å²) in [4.78, 5) is 14.4. The van der Waals surface area contributed by atoms with Gasteiger partial charge in [0.1, 0.15) is 0 Å². The average Bonchev–Trinajstić information content (AvgIpc) is 2.24. The molecule has 0 aliphatic carbocycles. The number of hydrogen-bond acceptors (Lipinski definition) is 2. The molecule has 3 nitrogen and oxygen atoms in total. The van der Waals surface area contributed by atoms with Crippen molar-refractivity contribution >= 4 is 5.91 Å². The van der Waals surface area contributed by atoms with Gasteiger partial charge in [-0.2, -0.15) is 0 Å². The van der Waals surface area contributed by atoms with Gasteiger partial charge in [0, 0.05) is 25.0 Å². The molecule has 0 heterocycles. The van der Waals surface area contributed by atoms with Crippen molar-refractivity contribution in [3.63, 3.8) is 0 Å². The Morgan fingerprint density at radius 2 is 1.55 bits per heavy atom. The molecule has 0 aliphatic rings. The van der Waals surface area contributed by atoms with Crippen molar-refractivity contribution in [3.8, 4) is 0 Å². The SMILES string of the molecule is CCCCN(CCCNC(C)(C)C)C(=O)CC(C)(C)C. The molecular formula is C17H36N2O. The van der Waals surface area contributed by atoms with Gasteiger partial charge in [0.25, 0.3) is 0 Å². The Morgan fingerprint density at radius 1 is 1.00 bits per heavy atom. The number of nitrogens with zero attached hydrogens (tertiary/aromatic N) is 1. The minimum absolute atomic E-state index is 0.0746. The standard InChI is InChI=1S/C17H36N2O/c1-8-9-12-19(15(20)14-16(2,3)4)13-10-11-18-17(5,6)7/h18H,8-14H2,1-7H3. The Hall–Kier alpha value is -0.570. The highest BCUT2D eigenvalue weighted by atomic mass is 16.2. The van der Waals surface area contributed by atoms with Crippen LogP contribution in [-0.2, 0) is 4.79 Å². The van der Waals surface area contributed by atoms with Gasteiger partial charge in [-0.25, -0.2) is 0 Å². The highest BCUT2D eigenvalue weighted by molar-refractivity contribution is 5.76. The first-order chi connectivity index (χ1) is 9.05. The summed E-state index contributed by atoms with van der Waals surface area (Å²) in [6, 6.07) is 0. The third-order valence-electron chi connectivity index (χ3n) is 3.08. The molecule has 0 saturated heterocycles. The van der Waals surface area contributed by atoms with Crippen molar-refractivity contribution in [2.45, 2.75) is 79.7 Å². The second-order valence-electron chi connectivity index (χ2n) is 8.00. The molecule has 0 aliphatic heterocycles. The van der Waals surface area contributed by atoms with E-state index >= 15 is 0 Å². The molecule has 0 aromatic rings. The molecule has 3 heteroatoms. The van der Waals surface area contributed by atoms with Crippen molar-refractivity contribution < 1.29 is 4.79 Å². The lowest BCUT2D eigenvalue weighted by Gasteiger charge is -2.27. The van der Waals surface area contributed by atoms with Gasteiger partial charge in [0.2, 0.25) is 5.91 Å². The van der Waals surface area contributed by atoms with Crippen LogP contribution >= 0.6 is 0 Å². The summed E-state index contributed by atoms with van der Waals surface area (Å²) in [5.74, 6) is 0.307. The summed E-state index contributed by atoms with van der Waals surface area (Å²) in [6.07, 6.45) is 3.91. The van der Waals surface area contributed by atoms with Gasteiger partial charge in [-0.3, -0.25) is 4.79 Å². The van der Waals surface area contributed by atoms with Gasteiger partial charge in [-0.15, -0.1) is 0 Å². The van der Waals surface area contributed by atoms with Crippen LogP contribution in [-0.4, -0.2) is 36.0 Å². The van der Waals surface area contributed by atoms with E-state index in [0.717, 1.165) is 38.9 Å². The average molecular weight is 284 g/mol. The Morgan fingerprint density at radius 3 is 2.00 bits per heavy atom. The first-order valence-electron chi connectivity index (χ1n) is 8.08. The largest absolute Gasteiger partial charge is 0.343 e. The Labute approximate surface area is 126 Å². The van der Waals surface area contributed by atoms with E-state index < -0.39 is 0 Å². The van der Waals surface area contributed by atoms with Crippen molar-refractivity contribution in [2.24, 2.45) is 5.41 Å². The molecule has 1 amide bonds. The minimum Gasteiger partial charge on any atom is -0.343 e. The quantitative estimate of drug-likeness (QED) is 0.687. The first kappa shape index (κ1) is 19.4. The number of carbonyl (C=O) groups excluding carboxylic acids is 1. The summed E-state index contributed by atoms with van der Waals surface area (Å²) in [5.41, 5.74) is 0.231. The van der Waals surface area contributed by atoms with Crippen molar-refractivity contribution in [1.29, 1.82) is 0 Å². The summed E-state index contributed by atoms with van der Waals surface area (Å²) < 4.78 is 0. The van der Waals surface area contributed by atoms with Crippen LogP contribution in [0.3, 0.4) is 0 Å². The number of rotatable bonds is 8. The van der Waals surface area contributed by atoms with Gasteiger partial charge in [-0.1, -0.05) is 34.1 Å². The predicted octanol–water partition coefficient (Wildman–Crippen LogP) is 3.83. The second kappa shape index (κ2) is 8.66. The molecule has 0 atom stereocenters. The summed E-state index contributed by atoms with van der Waals surface area (Å²) >= 11 is 0. The van der Waals surface area contributed by atoms with E-state index in [9.17, 15) is 4.79 Å². The zero-order valence-electron chi connectivity index (χ0n) is 14.8. The number of unbranched alkanes of at least 4 members (excludes halogenated alkanes) is 1. The van der Waals surface area contributed by atoms with Crippen LogP contribution in [0.5, 0.6) is 0 Å². The topological polar surface area (TPSA) is 32.3 Å². The molecule has 1 N–H and O–H groups in total. The van der Waals surface area contributed by atoms with Crippen molar-refractivity contribution in [3.05, 3.63) is 0 Å². The van der Waals surface area contributed by atoms with Crippen LogP contribution in [0, 0.1) is 5.41 Å². The summed E-state index contributed by atoms with van der Waals surface area (Å²) in [7, 11) is 0. The molecule has 0 unspecified atom stereocenters. The van der Waals surface area contributed by atoms with E-state index in [1.54, 1.807) is 0 Å². The normalized spacial score (nSPS) is 12.6. The monoisotopic (exact) mass is 284 g/mol. The van der Waals surface area contributed by atoms with Gasteiger partial charge < -0.3 is 10.2 Å². The van der Waals surface area contributed by atoms with Crippen LogP contribution in [0.4, 0.5) is 0 Å². The Bertz CT molecular complexity index is 274. The maximum absolute atomic E-state index is 12.4. The lowest BCUT2D eigenvalue weighted by atomic mass is 9.91. The third kappa shape index (κ3) is 11.3. The van der Waals surface area contributed by atoms with Gasteiger partial charge in [0.15, 0.2) is 0 Å². The van der Waals surface area contributed by atoms with E-state index in [1.165, 1.54) is 0 Å². The fourth-order valence-electron chi connectivity index (χ4n) is 2.01. The van der Waals surface area contributed by atoms with E-state index in [2.05, 4.69) is 58.7 Å². The molecule has 0 radical (unpaired) electrons. The maximum Gasteiger partial charge on any atom is 0.223 e. The molecule has 0 spiro atoms. The van der Waals surface area contributed by atoms with Crippen LogP contribution in [0.1, 0.15) is 74.1 Å². The zero-order valence-corrected chi connectivity index (χ0v) is 14.8. The van der Waals surface area contributed by atoms with Crippen LogP contribution in [0.15, 0.2) is 0 Å². The lowest BCUT2D eigenvalue weighted by Crippen LogP contribution is -2.39. The zero-order chi connectivity index (χ0) is 15.8. The smallest absolute Gasteiger partial charge is 0.223 e. The maximum atomic E-state index is 12.4. The minimum atomic E-state index is 0.0746. The number of amides is 1. The number of carbonyl (C=O) groups is 1. The number of hydrogen-bond donors (Lipinski definition) is 1. The molecule has 0 fully saturated rings. The molecule has 20 heavy (non-hydrogen) atoms. The van der Waals surface area contributed by atoms with E-state index in [-0.39, 0.29) is 11.0 Å². The molecule has 0 rings (SSSR count). The molecule has 0 aromatic heterocycles. The van der Waals surface area contributed by atoms with Gasteiger partial charge >= 0.3 is 0 Å². The molecule has 0 aromatic carbocycles. The first-order valence-corrected chi connectivity index (χ1v) is 8.08. The molecule has 0 saturated carbocycles. The lowest BCUT2D eigenvalue weighted by molar-refractivity contribution is -0.133.